The van der Waals surface area contributed by atoms with Gasteiger partial charge in [0, 0.05) is 0 Å². The van der Waals surface area contributed by atoms with Crippen molar-refractivity contribution < 1.29 is 9.53 Å². The molecular formula is C15H15N3O2S. The molecule has 0 aromatic heterocycles. The SMILES string of the molecule is COc1ccccc1C(=O)NC(=S)NNc1ccccc1. The van der Waals surface area contributed by atoms with Gasteiger partial charge in [-0.25, -0.2) is 0 Å². The van der Waals surface area contributed by atoms with E-state index in [0.717, 1.165) is 5.69 Å². The van der Waals surface area contributed by atoms with Crippen molar-refractivity contribution in [2.75, 3.05) is 12.5 Å². The molecule has 0 atom stereocenters. The highest BCUT2D eigenvalue weighted by atomic mass is 32.1. The molecule has 21 heavy (non-hydrogen) atoms. The lowest BCUT2D eigenvalue weighted by Gasteiger charge is -2.12. The number of carbonyl (C=O) groups is 1. The standard InChI is InChI=1S/C15H15N3O2S/c1-20-13-10-6-5-9-12(13)14(19)16-15(21)18-17-11-7-3-2-4-8-11/h2-10,17H,1H3,(H2,16,18,19,21). The first kappa shape index (κ1) is 14.8. The van der Waals surface area contributed by atoms with Crippen LogP contribution in [-0.2, 0) is 0 Å². The number of hydrogen-bond acceptors (Lipinski definition) is 4. The van der Waals surface area contributed by atoms with Gasteiger partial charge in [-0.2, -0.15) is 0 Å². The van der Waals surface area contributed by atoms with E-state index in [1.807, 2.05) is 30.3 Å². The second kappa shape index (κ2) is 7.25. The van der Waals surface area contributed by atoms with Gasteiger partial charge in [-0.05, 0) is 36.5 Å². The molecule has 0 radical (unpaired) electrons. The first-order valence-corrected chi connectivity index (χ1v) is 6.67. The van der Waals surface area contributed by atoms with Crippen LogP contribution in [0.4, 0.5) is 5.69 Å². The summed E-state index contributed by atoms with van der Waals surface area (Å²) in [5.41, 5.74) is 6.90. The molecule has 0 aliphatic carbocycles. The van der Waals surface area contributed by atoms with Crippen molar-refractivity contribution in [2.24, 2.45) is 0 Å². The Labute approximate surface area is 128 Å². The Balaban J connectivity index is 1.92. The minimum Gasteiger partial charge on any atom is -0.496 e. The van der Waals surface area contributed by atoms with Crippen LogP contribution in [0.3, 0.4) is 0 Å². The van der Waals surface area contributed by atoms with Gasteiger partial charge < -0.3 is 4.74 Å². The highest BCUT2D eigenvalue weighted by Gasteiger charge is 2.12. The number of ether oxygens (including phenoxy) is 1. The minimum absolute atomic E-state index is 0.176. The smallest absolute Gasteiger partial charge is 0.261 e. The van der Waals surface area contributed by atoms with E-state index in [9.17, 15) is 4.79 Å². The number of thiocarbonyl (C=S) groups is 1. The molecule has 108 valence electrons. The molecular weight excluding hydrogens is 286 g/mol. The summed E-state index contributed by atoms with van der Waals surface area (Å²) in [4.78, 5) is 12.1. The van der Waals surface area contributed by atoms with E-state index in [4.69, 9.17) is 17.0 Å². The zero-order chi connectivity index (χ0) is 15.1. The average molecular weight is 301 g/mol. The van der Waals surface area contributed by atoms with E-state index in [-0.39, 0.29) is 11.0 Å². The lowest BCUT2D eigenvalue weighted by atomic mass is 10.2. The van der Waals surface area contributed by atoms with Gasteiger partial charge in [0.2, 0.25) is 0 Å². The monoisotopic (exact) mass is 301 g/mol. The quantitative estimate of drug-likeness (QED) is 0.597. The van der Waals surface area contributed by atoms with Crippen LogP contribution in [0.25, 0.3) is 0 Å². The van der Waals surface area contributed by atoms with Crippen LogP contribution in [0.2, 0.25) is 0 Å². The Kier molecular flexibility index (Phi) is 5.11. The van der Waals surface area contributed by atoms with Crippen LogP contribution in [0, 0.1) is 0 Å². The number of para-hydroxylation sites is 2. The zero-order valence-corrected chi connectivity index (χ0v) is 12.2. The van der Waals surface area contributed by atoms with E-state index < -0.39 is 0 Å². The first-order chi connectivity index (χ1) is 10.2. The van der Waals surface area contributed by atoms with E-state index in [2.05, 4.69) is 16.2 Å². The maximum Gasteiger partial charge on any atom is 0.261 e. The van der Waals surface area contributed by atoms with Gasteiger partial charge in [0.15, 0.2) is 5.11 Å². The third kappa shape index (κ3) is 4.19. The Hall–Kier alpha value is -2.60. The number of rotatable bonds is 4. The number of hydrazine groups is 1. The summed E-state index contributed by atoms with van der Waals surface area (Å²) in [6, 6.07) is 16.4. The number of anilines is 1. The van der Waals surface area contributed by atoms with Gasteiger partial charge >= 0.3 is 0 Å². The Morgan fingerprint density at radius 3 is 2.43 bits per heavy atom. The minimum atomic E-state index is -0.334. The topological polar surface area (TPSA) is 62.4 Å². The summed E-state index contributed by atoms with van der Waals surface area (Å²) in [7, 11) is 1.51. The fraction of sp³-hybridized carbons (Fsp3) is 0.0667. The fourth-order valence-corrected chi connectivity index (χ4v) is 1.83. The maximum absolute atomic E-state index is 12.1. The van der Waals surface area contributed by atoms with Crippen molar-refractivity contribution >= 4 is 28.9 Å². The van der Waals surface area contributed by atoms with Crippen LogP contribution in [0.5, 0.6) is 5.75 Å². The first-order valence-electron chi connectivity index (χ1n) is 6.26. The predicted molar refractivity (Wildman–Crippen MR) is 86.3 cm³/mol. The van der Waals surface area contributed by atoms with E-state index >= 15 is 0 Å². The summed E-state index contributed by atoms with van der Waals surface area (Å²) in [5.74, 6) is 0.161. The van der Waals surface area contributed by atoms with Crippen molar-refractivity contribution in [1.82, 2.24) is 10.7 Å². The highest BCUT2D eigenvalue weighted by Crippen LogP contribution is 2.16. The molecule has 0 aliphatic rings. The third-order valence-corrected chi connectivity index (χ3v) is 2.88. The normalized spacial score (nSPS) is 9.57. The molecule has 1 amide bonds. The number of hydrogen-bond donors (Lipinski definition) is 3. The van der Waals surface area contributed by atoms with Gasteiger partial charge in [-0.15, -0.1) is 0 Å². The van der Waals surface area contributed by atoms with E-state index in [1.165, 1.54) is 7.11 Å². The lowest BCUT2D eigenvalue weighted by molar-refractivity contribution is 0.0974. The number of methoxy groups -OCH3 is 1. The molecule has 2 aromatic carbocycles. The van der Waals surface area contributed by atoms with Gasteiger partial charge in [0.25, 0.3) is 5.91 Å². The van der Waals surface area contributed by atoms with E-state index in [1.54, 1.807) is 24.3 Å². The molecule has 2 aromatic rings. The molecule has 2 rings (SSSR count). The number of amides is 1. The number of benzene rings is 2. The molecule has 0 fully saturated rings. The molecule has 0 saturated heterocycles. The van der Waals surface area contributed by atoms with Crippen molar-refractivity contribution in [2.45, 2.75) is 0 Å². The summed E-state index contributed by atoms with van der Waals surface area (Å²) >= 11 is 5.06. The molecule has 0 heterocycles. The second-order valence-electron chi connectivity index (χ2n) is 4.10. The molecule has 0 spiro atoms. The number of carbonyl (C=O) groups excluding carboxylic acids is 1. The Bertz CT molecular complexity index is 632. The highest BCUT2D eigenvalue weighted by molar-refractivity contribution is 7.80. The summed E-state index contributed by atoms with van der Waals surface area (Å²) in [6.07, 6.45) is 0. The summed E-state index contributed by atoms with van der Waals surface area (Å²) < 4.78 is 5.14. The van der Waals surface area contributed by atoms with Crippen LogP contribution >= 0.6 is 12.2 Å². The molecule has 3 N–H and O–H groups in total. The lowest BCUT2D eigenvalue weighted by Crippen LogP contribution is -2.42. The van der Waals surface area contributed by atoms with Gasteiger partial charge in [-0.3, -0.25) is 21.0 Å². The third-order valence-electron chi connectivity index (χ3n) is 2.67. The molecule has 5 nitrogen and oxygen atoms in total. The van der Waals surface area contributed by atoms with Crippen molar-refractivity contribution in [1.29, 1.82) is 0 Å². The van der Waals surface area contributed by atoms with Gasteiger partial charge in [-0.1, -0.05) is 30.3 Å². The molecule has 0 saturated carbocycles. The van der Waals surface area contributed by atoms with Crippen LogP contribution in [0.1, 0.15) is 10.4 Å². The largest absolute Gasteiger partial charge is 0.496 e. The van der Waals surface area contributed by atoms with Gasteiger partial charge in [0.1, 0.15) is 5.75 Å². The molecule has 0 bridgehead atoms. The molecule has 0 aliphatic heterocycles. The average Bonchev–Trinajstić information content (AvgIpc) is 2.53. The maximum atomic E-state index is 12.1. The number of nitrogens with one attached hydrogen (secondary N) is 3. The van der Waals surface area contributed by atoms with Crippen molar-refractivity contribution in [3.8, 4) is 5.75 Å². The molecule has 0 unspecified atom stereocenters. The van der Waals surface area contributed by atoms with Crippen molar-refractivity contribution in [3.05, 3.63) is 60.2 Å². The Morgan fingerprint density at radius 1 is 1.05 bits per heavy atom. The summed E-state index contributed by atoms with van der Waals surface area (Å²) in [6.45, 7) is 0. The van der Waals surface area contributed by atoms with Gasteiger partial charge in [0.05, 0.1) is 18.4 Å². The predicted octanol–water partition coefficient (Wildman–Crippen LogP) is 2.33. The summed E-state index contributed by atoms with van der Waals surface area (Å²) in [5, 5.41) is 2.76. The second-order valence-corrected chi connectivity index (χ2v) is 4.51. The van der Waals surface area contributed by atoms with Crippen LogP contribution in [0.15, 0.2) is 54.6 Å². The zero-order valence-electron chi connectivity index (χ0n) is 11.4. The fourth-order valence-electron chi connectivity index (χ4n) is 1.68. The van der Waals surface area contributed by atoms with Crippen LogP contribution < -0.4 is 20.9 Å². The van der Waals surface area contributed by atoms with E-state index in [0.29, 0.717) is 11.3 Å². The van der Waals surface area contributed by atoms with Crippen LogP contribution in [-0.4, -0.2) is 18.1 Å². The molecule has 6 heteroatoms. The van der Waals surface area contributed by atoms with Crippen molar-refractivity contribution in [3.63, 3.8) is 0 Å². The Morgan fingerprint density at radius 2 is 1.71 bits per heavy atom.